The molecule has 0 aromatic carbocycles. The van der Waals surface area contributed by atoms with Crippen molar-refractivity contribution < 1.29 is 63.6 Å². The molecule has 2 fully saturated rings. The van der Waals surface area contributed by atoms with Gasteiger partial charge in [-0.1, -0.05) is 13.8 Å². The van der Waals surface area contributed by atoms with E-state index in [1.54, 1.807) is 13.8 Å². The molecule has 304 valence electrons. The summed E-state index contributed by atoms with van der Waals surface area (Å²) in [6.07, 6.45) is 0.577. The summed E-state index contributed by atoms with van der Waals surface area (Å²) in [6.45, 7) is 3.10. The molecule has 0 saturated carbocycles. The predicted octanol–water partition coefficient (Wildman–Crippen LogP) is -3.56. The fourth-order valence-corrected chi connectivity index (χ4v) is 6.39. The highest BCUT2D eigenvalue weighted by Gasteiger charge is 2.42. The van der Waals surface area contributed by atoms with Gasteiger partial charge >= 0.3 is 17.9 Å². The van der Waals surface area contributed by atoms with Crippen molar-refractivity contribution in [3.63, 3.8) is 0 Å². The molecule has 54 heavy (non-hydrogen) atoms. The van der Waals surface area contributed by atoms with Crippen LogP contribution in [-0.4, -0.2) is 152 Å². The number of nitrogens with zero attached hydrogens (tertiary/aromatic N) is 2. The van der Waals surface area contributed by atoms with Gasteiger partial charge in [0, 0.05) is 13.1 Å². The van der Waals surface area contributed by atoms with Crippen molar-refractivity contribution in [1.82, 2.24) is 31.1 Å². The third kappa shape index (κ3) is 13.5. The van der Waals surface area contributed by atoms with Gasteiger partial charge in [-0.25, -0.2) is 4.79 Å². The van der Waals surface area contributed by atoms with E-state index < -0.39 is 115 Å². The monoisotopic (exact) mass is 770 g/mol. The van der Waals surface area contributed by atoms with Crippen molar-refractivity contribution in [2.45, 2.75) is 120 Å². The van der Waals surface area contributed by atoms with Gasteiger partial charge in [0.05, 0.1) is 25.5 Å². The zero-order valence-corrected chi connectivity index (χ0v) is 30.5. The maximum Gasteiger partial charge on any atom is 0.326 e. The number of carboxylic acid groups (broad SMARTS) is 3. The Bertz CT molecular complexity index is 1400. The molecule has 2 rings (SSSR count). The van der Waals surface area contributed by atoms with Crippen LogP contribution in [0.25, 0.3) is 0 Å². The molecule has 21 heteroatoms. The summed E-state index contributed by atoms with van der Waals surface area (Å²) in [4.78, 5) is 117. The number of hydrogen-bond acceptors (Lipinski definition) is 12. The third-order valence-electron chi connectivity index (χ3n) is 9.10. The highest BCUT2D eigenvalue weighted by molar-refractivity contribution is 5.98. The van der Waals surface area contributed by atoms with E-state index in [0.29, 0.717) is 32.2 Å². The Morgan fingerprint density at radius 2 is 1.19 bits per heavy atom. The van der Waals surface area contributed by atoms with Crippen molar-refractivity contribution in [1.29, 1.82) is 0 Å². The summed E-state index contributed by atoms with van der Waals surface area (Å²) in [7, 11) is 0. The molecule has 0 aromatic rings. The summed E-state index contributed by atoms with van der Waals surface area (Å²) < 4.78 is 0. The Labute approximate surface area is 311 Å². The van der Waals surface area contributed by atoms with Crippen LogP contribution in [0.3, 0.4) is 0 Å². The van der Waals surface area contributed by atoms with Gasteiger partial charge in [0.25, 0.3) is 0 Å². The van der Waals surface area contributed by atoms with E-state index in [9.17, 15) is 58.5 Å². The smallest absolute Gasteiger partial charge is 0.326 e. The number of aliphatic carboxylic acids is 3. The number of carboxylic acids is 3. The number of likely N-dealkylation sites (tertiary alicyclic amines) is 2. The van der Waals surface area contributed by atoms with Crippen LogP contribution in [-0.2, 0) is 43.2 Å². The average Bonchev–Trinajstić information content (AvgIpc) is 3.79. The molecule has 21 nitrogen and oxygen atoms in total. The zero-order chi connectivity index (χ0) is 40.7. The lowest BCUT2D eigenvalue weighted by molar-refractivity contribution is -0.146. The molecule has 0 aromatic heterocycles. The van der Waals surface area contributed by atoms with Crippen molar-refractivity contribution in [2.24, 2.45) is 17.4 Å². The summed E-state index contributed by atoms with van der Waals surface area (Å²) >= 11 is 0. The number of nitrogens with one attached hydrogen (secondary N) is 4. The fraction of sp³-hybridized carbons (Fsp3) is 0.727. The van der Waals surface area contributed by atoms with Crippen LogP contribution >= 0.6 is 0 Å². The van der Waals surface area contributed by atoms with Crippen molar-refractivity contribution in [3.8, 4) is 0 Å². The largest absolute Gasteiger partial charge is 0.481 e. The number of carbonyl (C=O) groups excluding carboxylic acids is 6. The molecule has 0 spiro atoms. The lowest BCUT2D eigenvalue weighted by Crippen LogP contribution is -2.60. The third-order valence-corrected chi connectivity index (χ3v) is 9.10. The maximum atomic E-state index is 13.9. The molecule has 0 unspecified atom stereocenters. The van der Waals surface area contributed by atoms with E-state index in [1.807, 2.05) is 0 Å². The molecular weight excluding hydrogens is 716 g/mol. The highest BCUT2D eigenvalue weighted by atomic mass is 16.4. The number of hydrogen-bond donors (Lipinski definition) is 10. The normalized spacial score (nSPS) is 19.6. The van der Waals surface area contributed by atoms with Gasteiger partial charge in [-0.05, 0) is 63.8 Å². The minimum atomic E-state index is -1.72. The van der Waals surface area contributed by atoms with Crippen LogP contribution in [0, 0.1) is 5.92 Å². The second-order valence-corrected chi connectivity index (χ2v) is 13.9. The van der Waals surface area contributed by atoms with Crippen LogP contribution in [0.1, 0.15) is 78.1 Å². The maximum absolute atomic E-state index is 13.9. The molecule has 0 bridgehead atoms. The molecule has 12 N–H and O–H groups in total. The van der Waals surface area contributed by atoms with Crippen LogP contribution in [0.2, 0.25) is 0 Å². The number of nitrogens with two attached hydrogens (primary N) is 2. The lowest BCUT2D eigenvalue weighted by atomic mass is 10.0. The zero-order valence-electron chi connectivity index (χ0n) is 30.5. The van der Waals surface area contributed by atoms with Gasteiger partial charge in [0.15, 0.2) is 0 Å². The molecule has 2 heterocycles. The summed E-state index contributed by atoms with van der Waals surface area (Å²) in [5, 5.41) is 47.4. The number of rotatable bonds is 22. The van der Waals surface area contributed by atoms with Gasteiger partial charge in [0.1, 0.15) is 36.3 Å². The van der Waals surface area contributed by atoms with Gasteiger partial charge < -0.3 is 63.0 Å². The summed E-state index contributed by atoms with van der Waals surface area (Å²) in [6, 6.07) is -9.57. The fourth-order valence-electron chi connectivity index (χ4n) is 6.39. The van der Waals surface area contributed by atoms with Crippen LogP contribution in [0.4, 0.5) is 0 Å². The van der Waals surface area contributed by atoms with Crippen molar-refractivity contribution >= 4 is 53.4 Å². The minimum Gasteiger partial charge on any atom is -0.481 e. The van der Waals surface area contributed by atoms with E-state index in [0.717, 1.165) is 4.90 Å². The van der Waals surface area contributed by atoms with E-state index in [2.05, 4.69) is 21.3 Å². The highest BCUT2D eigenvalue weighted by Crippen LogP contribution is 2.22. The first-order chi connectivity index (χ1) is 25.4. The molecule has 0 radical (unpaired) electrons. The number of aliphatic hydroxyl groups excluding tert-OH is 1. The Morgan fingerprint density at radius 3 is 1.65 bits per heavy atom. The van der Waals surface area contributed by atoms with Crippen molar-refractivity contribution in [3.05, 3.63) is 0 Å². The molecule has 7 atom stereocenters. The van der Waals surface area contributed by atoms with Gasteiger partial charge in [-0.3, -0.25) is 38.4 Å². The van der Waals surface area contributed by atoms with E-state index in [-0.39, 0.29) is 44.7 Å². The SMILES string of the molecule is CC(C)C[C@H](NC(=O)[C@H](CC(=O)O)NC(=O)[C@@H]1CCCN1C(=O)[C@H](CO)NC(=O)[C@@H](N)CC(=O)O)C(=O)N1CCC[C@H]1C(=O)N[C@@H](CCCCN)C(=O)O. The molecule has 0 aliphatic carbocycles. The molecule has 2 saturated heterocycles. The number of unbranched alkanes of at least 4 members (excludes halogenated alkanes) is 1. The molecular formula is C33H54N8O13. The topological polar surface area (TPSA) is 341 Å². The first kappa shape index (κ1) is 45.3. The Balaban J connectivity index is 2.21. The van der Waals surface area contributed by atoms with E-state index >= 15 is 0 Å². The Hall–Kier alpha value is -4.89. The van der Waals surface area contributed by atoms with Gasteiger partial charge in [-0.2, -0.15) is 0 Å². The molecule has 6 amide bonds. The van der Waals surface area contributed by atoms with Gasteiger partial charge in [-0.15, -0.1) is 0 Å². The van der Waals surface area contributed by atoms with E-state index in [4.69, 9.17) is 16.6 Å². The minimum absolute atomic E-state index is 0.00326. The summed E-state index contributed by atoms with van der Waals surface area (Å²) in [5.74, 6) is -9.48. The second kappa shape index (κ2) is 21.7. The average molecular weight is 771 g/mol. The molecule has 2 aliphatic rings. The standard InChI is InChI=1S/C33H54N8O13/c1-17(2)13-21(31(51)40-11-5-8-23(40)29(49)36-19(33(53)54)7-3-4-10-34)38-28(48)20(15-26(45)46)37-30(50)24-9-6-12-41(24)32(52)22(16-42)39-27(47)18(35)14-25(43)44/h17-24,42H,3-16,34-35H2,1-2H3,(H,36,49)(H,37,50)(H,38,48)(H,39,47)(H,43,44)(H,45,46)(H,53,54)/t18-,19-,20-,21-,22-,23-,24-/m0/s1. The van der Waals surface area contributed by atoms with Crippen molar-refractivity contribution in [2.75, 3.05) is 26.2 Å². The second-order valence-electron chi connectivity index (χ2n) is 13.9. The lowest BCUT2D eigenvalue weighted by Gasteiger charge is -2.31. The Kier molecular flexibility index (Phi) is 18.2. The number of carbonyl (C=O) groups is 9. The molecule has 2 aliphatic heterocycles. The summed E-state index contributed by atoms with van der Waals surface area (Å²) in [5.41, 5.74) is 11.0. The van der Waals surface area contributed by atoms with E-state index in [1.165, 1.54) is 4.90 Å². The first-order valence-electron chi connectivity index (χ1n) is 18.0. The Morgan fingerprint density at radius 1 is 0.685 bits per heavy atom. The quantitative estimate of drug-likeness (QED) is 0.0476. The van der Waals surface area contributed by atoms with Crippen LogP contribution in [0.15, 0.2) is 0 Å². The predicted molar refractivity (Wildman–Crippen MR) is 187 cm³/mol. The first-order valence-corrected chi connectivity index (χ1v) is 18.0. The van der Waals surface area contributed by atoms with Crippen LogP contribution in [0.5, 0.6) is 0 Å². The van der Waals surface area contributed by atoms with Crippen LogP contribution < -0.4 is 32.7 Å². The van der Waals surface area contributed by atoms with Gasteiger partial charge in [0.2, 0.25) is 35.4 Å². The number of aliphatic hydroxyl groups is 1. The number of amides is 6.